The van der Waals surface area contributed by atoms with Crippen LogP contribution in [0.1, 0.15) is 19.8 Å². The van der Waals surface area contributed by atoms with Crippen LogP contribution in [-0.4, -0.2) is 45.9 Å². The average Bonchev–Trinajstić information content (AvgIpc) is 2.14. The summed E-state index contributed by atoms with van der Waals surface area (Å²) in [5.41, 5.74) is 10.3. The highest BCUT2D eigenvalue weighted by molar-refractivity contribution is 5.72. The Morgan fingerprint density at radius 1 is 1.27 bits per heavy atom. The minimum Gasteiger partial charge on any atom is -0.480 e. The van der Waals surface area contributed by atoms with Gasteiger partial charge in [-0.25, -0.2) is 4.79 Å². The van der Waals surface area contributed by atoms with E-state index >= 15 is 0 Å². The average molecular weight is 222 g/mol. The normalized spacial score (nSPS) is 13.3. The lowest BCUT2D eigenvalue weighted by Gasteiger charge is -2.02. The lowest BCUT2D eigenvalue weighted by Crippen LogP contribution is -2.30. The standard InChI is InChI=1S/C5H12N2O2.C3H6O3/c6-3-1-2-4(7)5(8)9;1-2(4)3(5)6/h4H,1-3,6-7H2,(H,8,9);2,4H,1H3,(H,5,6)/t4-;/m0./s1. The molecule has 15 heavy (non-hydrogen) atoms. The van der Waals surface area contributed by atoms with E-state index in [0.717, 1.165) is 0 Å². The molecule has 0 heterocycles. The zero-order valence-corrected chi connectivity index (χ0v) is 8.59. The van der Waals surface area contributed by atoms with Crippen molar-refractivity contribution in [3.63, 3.8) is 0 Å². The van der Waals surface area contributed by atoms with Gasteiger partial charge >= 0.3 is 11.9 Å². The number of aliphatic carboxylic acids is 2. The number of hydrogen-bond acceptors (Lipinski definition) is 5. The molecule has 0 spiro atoms. The van der Waals surface area contributed by atoms with Crippen LogP contribution < -0.4 is 11.5 Å². The molecule has 0 aliphatic rings. The Bertz CT molecular complexity index is 195. The molecule has 0 aromatic carbocycles. The summed E-state index contributed by atoms with van der Waals surface area (Å²) in [6.07, 6.45) is -0.0933. The van der Waals surface area contributed by atoms with E-state index in [1.807, 2.05) is 0 Å². The van der Waals surface area contributed by atoms with Gasteiger partial charge in [-0.2, -0.15) is 0 Å². The van der Waals surface area contributed by atoms with Crippen LogP contribution in [-0.2, 0) is 9.59 Å². The van der Waals surface area contributed by atoms with E-state index < -0.39 is 24.1 Å². The van der Waals surface area contributed by atoms with Crippen molar-refractivity contribution in [3.8, 4) is 0 Å². The van der Waals surface area contributed by atoms with Crippen LogP contribution in [0.4, 0.5) is 0 Å². The van der Waals surface area contributed by atoms with Crippen molar-refractivity contribution in [2.45, 2.75) is 31.9 Å². The summed E-state index contributed by atoms with van der Waals surface area (Å²) in [5, 5.41) is 24.0. The molecule has 0 radical (unpaired) electrons. The van der Waals surface area contributed by atoms with Crippen molar-refractivity contribution in [2.75, 3.05) is 6.54 Å². The molecular formula is C8H18N2O5. The van der Waals surface area contributed by atoms with Gasteiger partial charge in [-0.1, -0.05) is 0 Å². The highest BCUT2D eigenvalue weighted by atomic mass is 16.4. The first kappa shape index (κ1) is 16.3. The summed E-state index contributed by atoms with van der Waals surface area (Å²) in [4.78, 5) is 19.5. The summed E-state index contributed by atoms with van der Waals surface area (Å²) in [6, 6.07) is -0.742. The Hall–Kier alpha value is -1.18. The van der Waals surface area contributed by atoms with Gasteiger partial charge < -0.3 is 26.8 Å². The van der Waals surface area contributed by atoms with E-state index in [9.17, 15) is 9.59 Å². The van der Waals surface area contributed by atoms with Gasteiger partial charge in [-0.15, -0.1) is 0 Å². The monoisotopic (exact) mass is 222 g/mol. The summed E-state index contributed by atoms with van der Waals surface area (Å²) in [7, 11) is 0. The molecule has 0 saturated carbocycles. The number of nitrogens with two attached hydrogens (primary N) is 2. The second-order valence-electron chi connectivity index (χ2n) is 2.89. The highest BCUT2D eigenvalue weighted by Crippen LogP contribution is 1.91. The molecular weight excluding hydrogens is 204 g/mol. The summed E-state index contributed by atoms with van der Waals surface area (Å²) in [5.74, 6) is -2.14. The molecule has 0 rings (SSSR count). The summed E-state index contributed by atoms with van der Waals surface area (Å²) in [6.45, 7) is 1.70. The summed E-state index contributed by atoms with van der Waals surface area (Å²) >= 11 is 0. The molecule has 2 atom stereocenters. The van der Waals surface area contributed by atoms with Gasteiger partial charge in [-0.3, -0.25) is 4.79 Å². The molecule has 90 valence electrons. The Labute approximate surface area is 87.7 Å². The first-order valence-corrected chi connectivity index (χ1v) is 4.42. The number of carboxylic acids is 2. The molecule has 0 aromatic heterocycles. The highest BCUT2D eigenvalue weighted by Gasteiger charge is 2.08. The van der Waals surface area contributed by atoms with Gasteiger partial charge in [0.2, 0.25) is 0 Å². The maximum Gasteiger partial charge on any atom is 0.332 e. The number of carboxylic acid groups (broad SMARTS) is 2. The quantitative estimate of drug-likeness (QED) is 0.384. The van der Waals surface area contributed by atoms with Gasteiger partial charge in [0.05, 0.1) is 0 Å². The first-order chi connectivity index (χ1) is 6.82. The fourth-order valence-corrected chi connectivity index (χ4v) is 0.461. The van der Waals surface area contributed by atoms with Crippen molar-refractivity contribution in [2.24, 2.45) is 11.5 Å². The smallest absolute Gasteiger partial charge is 0.332 e. The molecule has 0 aliphatic carbocycles. The number of aliphatic hydroxyl groups excluding tert-OH is 1. The molecule has 0 aromatic rings. The van der Waals surface area contributed by atoms with Gasteiger partial charge in [0.25, 0.3) is 0 Å². The zero-order chi connectivity index (χ0) is 12.4. The third-order valence-corrected chi connectivity index (χ3v) is 1.39. The SMILES string of the molecule is CC(O)C(=O)O.NCCC[C@H](N)C(=O)O. The minimum absolute atomic E-state index is 0.464. The second kappa shape index (κ2) is 9.38. The van der Waals surface area contributed by atoms with Crippen molar-refractivity contribution in [1.29, 1.82) is 0 Å². The van der Waals surface area contributed by atoms with Crippen LogP contribution in [0, 0.1) is 0 Å². The van der Waals surface area contributed by atoms with Gasteiger partial charge in [0, 0.05) is 0 Å². The van der Waals surface area contributed by atoms with Crippen LogP contribution in [0.25, 0.3) is 0 Å². The lowest BCUT2D eigenvalue weighted by molar-refractivity contribution is -0.145. The molecule has 1 unspecified atom stereocenters. The molecule has 0 aliphatic heterocycles. The zero-order valence-electron chi connectivity index (χ0n) is 8.59. The van der Waals surface area contributed by atoms with Gasteiger partial charge in [-0.05, 0) is 26.3 Å². The topological polar surface area (TPSA) is 147 Å². The van der Waals surface area contributed by atoms with Crippen molar-refractivity contribution in [3.05, 3.63) is 0 Å². The third kappa shape index (κ3) is 12.8. The maximum absolute atomic E-state index is 10.0. The predicted octanol–water partition coefficient (Wildman–Crippen LogP) is -1.41. The van der Waals surface area contributed by atoms with Crippen molar-refractivity contribution < 1.29 is 24.9 Å². The van der Waals surface area contributed by atoms with Crippen molar-refractivity contribution in [1.82, 2.24) is 0 Å². The van der Waals surface area contributed by atoms with Crippen LogP contribution in [0.5, 0.6) is 0 Å². The van der Waals surface area contributed by atoms with E-state index in [1.165, 1.54) is 6.92 Å². The van der Waals surface area contributed by atoms with Crippen LogP contribution in [0.15, 0.2) is 0 Å². The molecule has 0 bridgehead atoms. The molecule has 0 fully saturated rings. The van der Waals surface area contributed by atoms with Crippen molar-refractivity contribution >= 4 is 11.9 Å². The van der Waals surface area contributed by atoms with E-state index in [0.29, 0.717) is 19.4 Å². The van der Waals surface area contributed by atoms with Gasteiger partial charge in [0.15, 0.2) is 0 Å². The van der Waals surface area contributed by atoms with Crippen LogP contribution >= 0.6 is 0 Å². The third-order valence-electron chi connectivity index (χ3n) is 1.39. The van der Waals surface area contributed by atoms with E-state index in [4.69, 9.17) is 26.8 Å². The maximum atomic E-state index is 10.0. The van der Waals surface area contributed by atoms with Crippen LogP contribution in [0.3, 0.4) is 0 Å². The fourth-order valence-electron chi connectivity index (χ4n) is 0.461. The van der Waals surface area contributed by atoms with E-state index in [-0.39, 0.29) is 0 Å². The fraction of sp³-hybridized carbons (Fsp3) is 0.750. The predicted molar refractivity (Wildman–Crippen MR) is 53.2 cm³/mol. The summed E-state index contributed by atoms with van der Waals surface area (Å²) < 4.78 is 0. The van der Waals surface area contributed by atoms with Crippen LogP contribution in [0.2, 0.25) is 0 Å². The number of hydrogen-bond donors (Lipinski definition) is 5. The van der Waals surface area contributed by atoms with Gasteiger partial charge in [0.1, 0.15) is 12.1 Å². The second-order valence-corrected chi connectivity index (χ2v) is 2.89. The Kier molecular flexibility index (Phi) is 10.2. The Morgan fingerprint density at radius 3 is 1.87 bits per heavy atom. The first-order valence-electron chi connectivity index (χ1n) is 4.42. The molecule has 0 saturated heterocycles. The molecule has 0 amide bonds. The molecule has 7 heteroatoms. The largest absolute Gasteiger partial charge is 0.480 e. The number of rotatable bonds is 5. The minimum atomic E-state index is -1.23. The van der Waals surface area contributed by atoms with E-state index in [2.05, 4.69) is 0 Å². The molecule has 7 nitrogen and oxygen atoms in total. The Balaban J connectivity index is 0. The number of aliphatic hydroxyl groups is 1. The lowest BCUT2D eigenvalue weighted by atomic mass is 10.2. The van der Waals surface area contributed by atoms with E-state index in [1.54, 1.807) is 0 Å². The Morgan fingerprint density at radius 2 is 1.67 bits per heavy atom. The molecule has 7 N–H and O–H groups in total. The number of carbonyl (C=O) groups is 2.